The van der Waals surface area contributed by atoms with E-state index in [1.807, 2.05) is 6.92 Å². The third-order valence-electron chi connectivity index (χ3n) is 4.80. The highest BCUT2D eigenvalue weighted by molar-refractivity contribution is 5.95. The second-order valence-electron chi connectivity index (χ2n) is 6.61. The average Bonchev–Trinajstić information content (AvgIpc) is 3.01. The van der Waals surface area contributed by atoms with E-state index in [-0.39, 0.29) is 5.91 Å². The van der Waals surface area contributed by atoms with Crippen LogP contribution in [0.1, 0.15) is 39.8 Å². The van der Waals surface area contributed by atoms with Gasteiger partial charge >= 0.3 is 0 Å². The lowest BCUT2D eigenvalue weighted by Gasteiger charge is -2.10. The third kappa shape index (κ3) is 4.14. The molecule has 0 unspecified atom stereocenters. The maximum absolute atomic E-state index is 12.2. The second kappa shape index (κ2) is 8.57. The monoisotopic (exact) mass is 375 g/mol. The Morgan fingerprint density at radius 2 is 1.79 bits per heavy atom. The first kappa shape index (κ1) is 19.4. The zero-order valence-electron chi connectivity index (χ0n) is 16.7. The van der Waals surface area contributed by atoms with E-state index >= 15 is 0 Å². The Bertz CT molecular complexity index is 984. The van der Waals surface area contributed by atoms with E-state index in [9.17, 15) is 4.79 Å². The fourth-order valence-electron chi connectivity index (χ4n) is 3.16. The van der Waals surface area contributed by atoms with Crippen LogP contribution in [-0.2, 0) is 6.42 Å². The van der Waals surface area contributed by atoms with E-state index in [1.54, 1.807) is 37.6 Å². The summed E-state index contributed by atoms with van der Waals surface area (Å²) in [4.78, 5) is 12.2. The lowest BCUT2D eigenvalue weighted by molar-refractivity contribution is 0.0955. The molecule has 0 bridgehead atoms. The predicted octanol–water partition coefficient (Wildman–Crippen LogP) is 4.43. The maximum atomic E-state index is 12.2. The summed E-state index contributed by atoms with van der Waals surface area (Å²) < 4.78 is 7.29. The molecule has 0 atom stereocenters. The molecule has 0 aliphatic rings. The molecule has 1 N–H and O–H groups in total. The average molecular weight is 375 g/mol. The molecule has 0 saturated heterocycles. The highest BCUT2D eigenvalue weighted by Crippen LogP contribution is 2.20. The van der Waals surface area contributed by atoms with E-state index in [0.29, 0.717) is 11.3 Å². The highest BCUT2D eigenvalue weighted by atomic mass is 16.5. The van der Waals surface area contributed by atoms with Crippen molar-refractivity contribution >= 4 is 12.1 Å². The SMILES string of the molecule is CCc1ccc(-n2c(C)cc(/C=N\NC(=O)c3ccc(OC)cc3)c2C)cc1. The van der Waals surface area contributed by atoms with Crippen LogP contribution < -0.4 is 10.2 Å². The number of methoxy groups -OCH3 is 1. The molecule has 0 saturated carbocycles. The summed E-state index contributed by atoms with van der Waals surface area (Å²) in [6, 6.07) is 17.5. The van der Waals surface area contributed by atoms with Crippen molar-refractivity contribution in [2.24, 2.45) is 5.10 Å². The molecule has 28 heavy (non-hydrogen) atoms. The van der Waals surface area contributed by atoms with Crippen molar-refractivity contribution < 1.29 is 9.53 Å². The topological polar surface area (TPSA) is 55.6 Å². The number of nitrogens with zero attached hydrogens (tertiary/aromatic N) is 2. The molecule has 0 spiro atoms. The van der Waals surface area contributed by atoms with Crippen molar-refractivity contribution in [1.82, 2.24) is 9.99 Å². The van der Waals surface area contributed by atoms with Gasteiger partial charge in [0.15, 0.2) is 0 Å². The van der Waals surface area contributed by atoms with Gasteiger partial charge in [-0.1, -0.05) is 19.1 Å². The molecule has 3 aromatic rings. The number of hydrazone groups is 1. The van der Waals surface area contributed by atoms with Crippen LogP contribution in [0.3, 0.4) is 0 Å². The van der Waals surface area contributed by atoms with Gasteiger partial charge in [-0.2, -0.15) is 5.10 Å². The van der Waals surface area contributed by atoms with E-state index in [2.05, 4.69) is 59.3 Å². The Hall–Kier alpha value is -3.34. The number of aryl methyl sites for hydroxylation is 2. The Morgan fingerprint density at radius 3 is 2.39 bits per heavy atom. The minimum absolute atomic E-state index is 0.261. The van der Waals surface area contributed by atoms with Crippen LogP contribution in [0.5, 0.6) is 5.75 Å². The molecule has 144 valence electrons. The van der Waals surface area contributed by atoms with Gasteiger partial charge in [0, 0.05) is 28.2 Å². The maximum Gasteiger partial charge on any atom is 0.271 e. The lowest BCUT2D eigenvalue weighted by atomic mass is 10.1. The molecule has 1 amide bonds. The molecular formula is C23H25N3O2. The summed E-state index contributed by atoms with van der Waals surface area (Å²) in [6.45, 7) is 6.26. The molecule has 1 heterocycles. The Balaban J connectivity index is 1.74. The third-order valence-corrected chi connectivity index (χ3v) is 4.80. The van der Waals surface area contributed by atoms with Crippen molar-refractivity contribution in [3.05, 3.63) is 82.7 Å². The first-order valence-corrected chi connectivity index (χ1v) is 9.29. The molecule has 0 aliphatic carbocycles. The van der Waals surface area contributed by atoms with Gasteiger partial charge in [-0.25, -0.2) is 5.43 Å². The quantitative estimate of drug-likeness (QED) is 0.512. The summed E-state index contributed by atoms with van der Waals surface area (Å²) in [5.74, 6) is 0.447. The van der Waals surface area contributed by atoms with Gasteiger partial charge in [0.2, 0.25) is 0 Å². The summed E-state index contributed by atoms with van der Waals surface area (Å²) >= 11 is 0. The molecular weight excluding hydrogens is 350 g/mol. The van der Waals surface area contributed by atoms with Gasteiger partial charge in [0.05, 0.1) is 13.3 Å². The van der Waals surface area contributed by atoms with Gasteiger partial charge in [-0.05, 0) is 68.3 Å². The molecule has 5 heteroatoms. The smallest absolute Gasteiger partial charge is 0.271 e. The fourth-order valence-corrected chi connectivity index (χ4v) is 3.16. The molecule has 2 aromatic carbocycles. The summed E-state index contributed by atoms with van der Waals surface area (Å²) in [5, 5.41) is 4.13. The van der Waals surface area contributed by atoms with Crippen LogP contribution in [0.4, 0.5) is 0 Å². The van der Waals surface area contributed by atoms with Crippen molar-refractivity contribution in [2.45, 2.75) is 27.2 Å². The van der Waals surface area contributed by atoms with Crippen molar-refractivity contribution in [1.29, 1.82) is 0 Å². The van der Waals surface area contributed by atoms with Crippen molar-refractivity contribution in [2.75, 3.05) is 7.11 Å². The zero-order valence-corrected chi connectivity index (χ0v) is 16.7. The van der Waals surface area contributed by atoms with Crippen LogP contribution >= 0.6 is 0 Å². The first-order chi connectivity index (χ1) is 13.5. The van der Waals surface area contributed by atoms with Crippen LogP contribution in [0, 0.1) is 13.8 Å². The number of carbonyl (C=O) groups excluding carboxylic acids is 1. The van der Waals surface area contributed by atoms with Gasteiger partial charge in [-0.3, -0.25) is 4.79 Å². The largest absolute Gasteiger partial charge is 0.497 e. The predicted molar refractivity (Wildman–Crippen MR) is 113 cm³/mol. The number of benzene rings is 2. The van der Waals surface area contributed by atoms with E-state index in [1.165, 1.54) is 5.56 Å². The van der Waals surface area contributed by atoms with Gasteiger partial charge < -0.3 is 9.30 Å². The molecule has 0 aliphatic heterocycles. The lowest BCUT2D eigenvalue weighted by Crippen LogP contribution is -2.17. The van der Waals surface area contributed by atoms with Crippen molar-refractivity contribution in [3.63, 3.8) is 0 Å². The number of hydrogen-bond acceptors (Lipinski definition) is 3. The second-order valence-corrected chi connectivity index (χ2v) is 6.61. The standard InChI is InChI=1S/C23H25N3O2/c1-5-18-6-10-21(11-7-18)26-16(2)14-20(17(26)3)15-24-25-23(27)19-8-12-22(28-4)13-9-19/h6-15H,5H2,1-4H3,(H,25,27)/b24-15-. The minimum atomic E-state index is -0.261. The zero-order chi connectivity index (χ0) is 20.1. The number of nitrogens with one attached hydrogen (secondary N) is 1. The van der Waals surface area contributed by atoms with Gasteiger partial charge in [-0.15, -0.1) is 0 Å². The Kier molecular flexibility index (Phi) is 5.94. The van der Waals surface area contributed by atoms with Crippen molar-refractivity contribution in [3.8, 4) is 11.4 Å². The summed E-state index contributed by atoms with van der Waals surface area (Å²) in [6.07, 6.45) is 2.70. The first-order valence-electron chi connectivity index (χ1n) is 9.29. The number of hydrogen-bond donors (Lipinski definition) is 1. The number of ether oxygens (including phenoxy) is 1. The van der Waals surface area contributed by atoms with E-state index in [0.717, 1.165) is 29.1 Å². The molecule has 3 rings (SSSR count). The summed E-state index contributed by atoms with van der Waals surface area (Å²) in [5.41, 5.74) is 8.69. The Morgan fingerprint density at radius 1 is 1.11 bits per heavy atom. The van der Waals surface area contributed by atoms with Crippen LogP contribution in [0.25, 0.3) is 5.69 Å². The van der Waals surface area contributed by atoms with Crippen LogP contribution in [0.15, 0.2) is 59.7 Å². The minimum Gasteiger partial charge on any atom is -0.497 e. The number of carbonyl (C=O) groups is 1. The van der Waals surface area contributed by atoms with Gasteiger partial charge in [0.1, 0.15) is 5.75 Å². The molecule has 5 nitrogen and oxygen atoms in total. The highest BCUT2D eigenvalue weighted by Gasteiger charge is 2.10. The van der Waals surface area contributed by atoms with E-state index < -0.39 is 0 Å². The summed E-state index contributed by atoms with van der Waals surface area (Å²) in [7, 11) is 1.59. The number of rotatable bonds is 6. The fraction of sp³-hybridized carbons (Fsp3) is 0.217. The normalized spacial score (nSPS) is 11.0. The Labute approximate surface area is 165 Å². The number of amides is 1. The van der Waals surface area contributed by atoms with Gasteiger partial charge in [0.25, 0.3) is 5.91 Å². The van der Waals surface area contributed by atoms with Crippen LogP contribution in [-0.4, -0.2) is 23.8 Å². The molecule has 1 aromatic heterocycles. The molecule has 0 fully saturated rings. The molecule has 0 radical (unpaired) electrons. The van der Waals surface area contributed by atoms with E-state index in [4.69, 9.17) is 4.74 Å². The van der Waals surface area contributed by atoms with Crippen LogP contribution in [0.2, 0.25) is 0 Å². The number of aromatic nitrogens is 1.